The summed E-state index contributed by atoms with van der Waals surface area (Å²) in [5.74, 6) is 0. The van der Waals surface area contributed by atoms with Crippen molar-refractivity contribution in [2.24, 2.45) is 11.1 Å². The largest absolute Gasteiger partial charge is 0.349 e. The second-order valence-electron chi connectivity index (χ2n) is 3.95. The van der Waals surface area contributed by atoms with Crippen molar-refractivity contribution in [1.29, 1.82) is 0 Å². The number of hydrogen-bond acceptors (Lipinski definition) is 5. The summed E-state index contributed by atoms with van der Waals surface area (Å²) in [6.07, 6.45) is 0. The molecule has 0 aliphatic carbocycles. The highest BCUT2D eigenvalue weighted by molar-refractivity contribution is 7.13. The number of nitrogens with zero attached hydrogens (tertiary/aromatic N) is 3. The molecule has 0 aliphatic heterocycles. The van der Waals surface area contributed by atoms with Gasteiger partial charge in [0.1, 0.15) is 5.51 Å². The standard InChI is InChI=1S/C8H16N4S/c1-8(2,4-9)5-12(3)7-11-10-6-13-7/h6H,4-5,9H2,1-3H3. The van der Waals surface area contributed by atoms with Gasteiger partial charge in [0.25, 0.3) is 0 Å². The molecule has 1 rings (SSSR count). The predicted molar refractivity (Wildman–Crippen MR) is 56.0 cm³/mol. The molecule has 0 saturated carbocycles. The lowest BCUT2D eigenvalue weighted by Crippen LogP contribution is -2.36. The lowest BCUT2D eigenvalue weighted by molar-refractivity contribution is 0.385. The van der Waals surface area contributed by atoms with Gasteiger partial charge in [-0.2, -0.15) is 0 Å². The normalized spacial score (nSPS) is 11.7. The van der Waals surface area contributed by atoms with Crippen molar-refractivity contribution >= 4 is 16.5 Å². The van der Waals surface area contributed by atoms with E-state index in [0.29, 0.717) is 6.54 Å². The maximum atomic E-state index is 5.65. The van der Waals surface area contributed by atoms with Crippen LogP contribution in [0.15, 0.2) is 5.51 Å². The Morgan fingerprint density at radius 3 is 2.77 bits per heavy atom. The van der Waals surface area contributed by atoms with Crippen molar-refractivity contribution in [2.75, 3.05) is 25.0 Å². The van der Waals surface area contributed by atoms with Gasteiger partial charge in [-0.1, -0.05) is 25.2 Å². The Labute approximate surface area is 82.8 Å². The number of hydrogen-bond donors (Lipinski definition) is 1. The van der Waals surface area contributed by atoms with E-state index in [1.807, 2.05) is 7.05 Å². The Kier molecular flexibility index (Phi) is 3.22. The van der Waals surface area contributed by atoms with Gasteiger partial charge in [-0.05, 0) is 12.0 Å². The molecule has 0 atom stereocenters. The predicted octanol–water partition coefficient (Wildman–Crippen LogP) is 0.959. The van der Waals surface area contributed by atoms with Crippen LogP contribution >= 0.6 is 11.3 Å². The van der Waals surface area contributed by atoms with Crippen molar-refractivity contribution in [1.82, 2.24) is 10.2 Å². The molecule has 0 spiro atoms. The highest BCUT2D eigenvalue weighted by Gasteiger charge is 2.19. The average molecular weight is 200 g/mol. The molecular formula is C8H16N4S. The van der Waals surface area contributed by atoms with Gasteiger partial charge in [-0.3, -0.25) is 0 Å². The Morgan fingerprint density at radius 1 is 1.62 bits per heavy atom. The molecule has 0 unspecified atom stereocenters. The molecule has 74 valence electrons. The molecule has 2 N–H and O–H groups in total. The summed E-state index contributed by atoms with van der Waals surface area (Å²) >= 11 is 1.55. The van der Waals surface area contributed by atoms with Crippen LogP contribution in [0.4, 0.5) is 5.13 Å². The summed E-state index contributed by atoms with van der Waals surface area (Å²) in [7, 11) is 2.01. The molecule has 0 bridgehead atoms. The molecule has 13 heavy (non-hydrogen) atoms. The molecule has 0 saturated heterocycles. The van der Waals surface area contributed by atoms with Crippen molar-refractivity contribution in [3.8, 4) is 0 Å². The highest BCUT2D eigenvalue weighted by atomic mass is 32.1. The third kappa shape index (κ3) is 2.93. The Balaban J connectivity index is 2.56. The number of rotatable bonds is 4. The third-order valence-corrected chi connectivity index (χ3v) is 2.70. The van der Waals surface area contributed by atoms with Crippen LogP contribution in [-0.2, 0) is 0 Å². The van der Waals surface area contributed by atoms with Gasteiger partial charge in [0.15, 0.2) is 0 Å². The molecule has 0 aliphatic rings. The number of aromatic nitrogens is 2. The zero-order valence-electron chi connectivity index (χ0n) is 8.32. The second kappa shape index (κ2) is 4.02. The van der Waals surface area contributed by atoms with E-state index < -0.39 is 0 Å². The molecule has 0 amide bonds. The van der Waals surface area contributed by atoms with Crippen LogP contribution in [0.25, 0.3) is 0 Å². The fourth-order valence-corrected chi connectivity index (χ4v) is 1.64. The zero-order valence-corrected chi connectivity index (χ0v) is 9.14. The van der Waals surface area contributed by atoms with Crippen LogP contribution in [0.1, 0.15) is 13.8 Å². The fraction of sp³-hybridized carbons (Fsp3) is 0.750. The lowest BCUT2D eigenvalue weighted by Gasteiger charge is -2.28. The van der Waals surface area contributed by atoms with E-state index in [4.69, 9.17) is 5.73 Å². The van der Waals surface area contributed by atoms with Crippen LogP contribution < -0.4 is 10.6 Å². The maximum Gasteiger partial charge on any atom is 0.207 e. The first-order chi connectivity index (χ1) is 6.05. The summed E-state index contributed by atoms with van der Waals surface area (Å²) in [5.41, 5.74) is 7.51. The van der Waals surface area contributed by atoms with E-state index in [1.54, 1.807) is 16.8 Å². The van der Waals surface area contributed by atoms with E-state index >= 15 is 0 Å². The zero-order chi connectivity index (χ0) is 9.90. The van der Waals surface area contributed by atoms with Crippen molar-refractivity contribution in [2.45, 2.75) is 13.8 Å². The number of anilines is 1. The molecule has 1 aromatic rings. The lowest BCUT2D eigenvalue weighted by atomic mass is 9.93. The molecule has 1 heterocycles. The fourth-order valence-electron chi connectivity index (χ4n) is 1.11. The SMILES string of the molecule is CN(CC(C)(C)CN)c1nncs1. The summed E-state index contributed by atoms with van der Waals surface area (Å²) in [6.45, 7) is 5.86. The summed E-state index contributed by atoms with van der Waals surface area (Å²) in [5, 5.41) is 8.73. The highest BCUT2D eigenvalue weighted by Crippen LogP contribution is 2.20. The van der Waals surface area contributed by atoms with Crippen molar-refractivity contribution in [3.63, 3.8) is 0 Å². The van der Waals surface area contributed by atoms with E-state index in [0.717, 1.165) is 11.7 Å². The molecule has 0 fully saturated rings. The van der Waals surface area contributed by atoms with Crippen LogP contribution in [0.2, 0.25) is 0 Å². The minimum atomic E-state index is 0.125. The Bertz CT molecular complexity index is 245. The van der Waals surface area contributed by atoms with Crippen LogP contribution in [-0.4, -0.2) is 30.3 Å². The first-order valence-corrected chi connectivity index (χ1v) is 5.10. The summed E-state index contributed by atoms with van der Waals surface area (Å²) < 4.78 is 0. The van der Waals surface area contributed by atoms with Crippen molar-refractivity contribution in [3.05, 3.63) is 5.51 Å². The van der Waals surface area contributed by atoms with Gasteiger partial charge in [-0.25, -0.2) is 0 Å². The second-order valence-corrected chi connectivity index (χ2v) is 4.76. The molecular weight excluding hydrogens is 184 g/mol. The number of nitrogens with two attached hydrogens (primary N) is 1. The Hall–Kier alpha value is -0.680. The monoisotopic (exact) mass is 200 g/mol. The van der Waals surface area contributed by atoms with Gasteiger partial charge in [0.2, 0.25) is 5.13 Å². The Morgan fingerprint density at radius 2 is 2.31 bits per heavy atom. The van der Waals surface area contributed by atoms with E-state index in [-0.39, 0.29) is 5.41 Å². The molecule has 5 heteroatoms. The van der Waals surface area contributed by atoms with E-state index in [9.17, 15) is 0 Å². The van der Waals surface area contributed by atoms with Gasteiger partial charge in [0, 0.05) is 13.6 Å². The van der Waals surface area contributed by atoms with Gasteiger partial charge >= 0.3 is 0 Å². The van der Waals surface area contributed by atoms with Gasteiger partial charge in [0.05, 0.1) is 0 Å². The third-order valence-electron chi connectivity index (χ3n) is 1.89. The molecule has 0 radical (unpaired) electrons. The minimum absolute atomic E-state index is 0.125. The maximum absolute atomic E-state index is 5.65. The van der Waals surface area contributed by atoms with Crippen LogP contribution in [0.3, 0.4) is 0 Å². The molecule has 0 aromatic carbocycles. The van der Waals surface area contributed by atoms with Crippen LogP contribution in [0, 0.1) is 5.41 Å². The van der Waals surface area contributed by atoms with Crippen molar-refractivity contribution < 1.29 is 0 Å². The van der Waals surface area contributed by atoms with E-state index in [1.165, 1.54) is 0 Å². The van der Waals surface area contributed by atoms with Gasteiger partial charge in [-0.15, -0.1) is 10.2 Å². The first kappa shape index (κ1) is 10.4. The smallest absolute Gasteiger partial charge is 0.207 e. The molecule has 1 aromatic heterocycles. The van der Waals surface area contributed by atoms with E-state index in [2.05, 4.69) is 28.9 Å². The summed E-state index contributed by atoms with van der Waals surface area (Å²) in [6, 6.07) is 0. The minimum Gasteiger partial charge on any atom is -0.349 e. The molecule has 4 nitrogen and oxygen atoms in total. The first-order valence-electron chi connectivity index (χ1n) is 4.22. The topological polar surface area (TPSA) is 55.0 Å². The van der Waals surface area contributed by atoms with Crippen LogP contribution in [0.5, 0.6) is 0 Å². The van der Waals surface area contributed by atoms with Gasteiger partial charge < -0.3 is 10.6 Å². The summed E-state index contributed by atoms with van der Waals surface area (Å²) in [4.78, 5) is 2.09. The quantitative estimate of drug-likeness (QED) is 0.786. The average Bonchev–Trinajstić information content (AvgIpc) is 2.55.